The van der Waals surface area contributed by atoms with Gasteiger partial charge in [0.1, 0.15) is 0 Å². The monoisotopic (exact) mass is 224 g/mol. The molecule has 0 atom stereocenters. The van der Waals surface area contributed by atoms with E-state index in [0.717, 1.165) is 12.1 Å². The molecule has 1 heterocycles. The van der Waals surface area contributed by atoms with Crippen molar-refractivity contribution in [2.45, 2.75) is 59.5 Å². The Kier molecular flexibility index (Phi) is 3.09. The molecule has 1 saturated heterocycles. The zero-order valence-corrected chi connectivity index (χ0v) is 11.6. The molecule has 1 saturated carbocycles. The maximum Gasteiger partial charge on any atom is 0.0183 e. The van der Waals surface area contributed by atoms with Crippen molar-refractivity contribution in [3.8, 4) is 0 Å². The van der Waals surface area contributed by atoms with Crippen LogP contribution in [0.1, 0.15) is 47.5 Å². The van der Waals surface area contributed by atoms with Gasteiger partial charge < -0.3 is 10.2 Å². The van der Waals surface area contributed by atoms with Gasteiger partial charge in [-0.1, -0.05) is 34.6 Å². The summed E-state index contributed by atoms with van der Waals surface area (Å²) in [5, 5.41) is 3.89. The summed E-state index contributed by atoms with van der Waals surface area (Å²) >= 11 is 0. The van der Waals surface area contributed by atoms with Crippen LogP contribution in [0.3, 0.4) is 0 Å². The predicted octanol–water partition coefficient (Wildman–Crippen LogP) is 2.49. The van der Waals surface area contributed by atoms with E-state index in [1.807, 2.05) is 0 Å². The third-order valence-electron chi connectivity index (χ3n) is 5.46. The molecule has 16 heavy (non-hydrogen) atoms. The minimum atomic E-state index is 0.481. The lowest BCUT2D eigenvalue weighted by molar-refractivity contribution is 0.202. The molecule has 0 amide bonds. The molecule has 2 rings (SSSR count). The van der Waals surface area contributed by atoms with Crippen molar-refractivity contribution in [2.75, 3.05) is 19.6 Å². The first-order valence-corrected chi connectivity index (χ1v) is 6.88. The van der Waals surface area contributed by atoms with Crippen molar-refractivity contribution in [3.63, 3.8) is 0 Å². The van der Waals surface area contributed by atoms with Gasteiger partial charge in [-0.15, -0.1) is 0 Å². The van der Waals surface area contributed by atoms with Crippen LogP contribution in [0.4, 0.5) is 0 Å². The second-order valence-electron chi connectivity index (χ2n) is 6.75. The third-order valence-corrected chi connectivity index (χ3v) is 5.46. The molecule has 0 radical (unpaired) electrons. The number of rotatable bonds is 3. The van der Waals surface area contributed by atoms with Crippen LogP contribution < -0.4 is 5.32 Å². The molecule has 1 aliphatic carbocycles. The minimum absolute atomic E-state index is 0.481. The molecule has 2 aliphatic rings. The largest absolute Gasteiger partial charge is 0.310 e. The maximum atomic E-state index is 3.89. The van der Waals surface area contributed by atoms with Crippen LogP contribution in [-0.4, -0.2) is 36.6 Å². The van der Waals surface area contributed by atoms with Crippen molar-refractivity contribution in [1.29, 1.82) is 0 Å². The SMILES string of the molecule is CCN1CCC(NC2C(C)(C)C2(C)C)CC1. The Hall–Kier alpha value is -0.0800. The fourth-order valence-electron chi connectivity index (χ4n) is 3.26. The lowest BCUT2D eigenvalue weighted by Gasteiger charge is -2.32. The van der Waals surface area contributed by atoms with Crippen LogP contribution in [-0.2, 0) is 0 Å². The summed E-state index contributed by atoms with van der Waals surface area (Å²) in [5.41, 5.74) is 0.962. The van der Waals surface area contributed by atoms with E-state index in [4.69, 9.17) is 0 Å². The van der Waals surface area contributed by atoms with E-state index in [0.29, 0.717) is 10.8 Å². The second kappa shape index (κ2) is 3.99. The van der Waals surface area contributed by atoms with Crippen LogP contribution in [0.15, 0.2) is 0 Å². The molecular weight excluding hydrogens is 196 g/mol. The standard InChI is InChI=1S/C14H28N2/c1-6-16-9-7-11(8-10-16)15-12-13(2,3)14(12,4)5/h11-12,15H,6-10H2,1-5H3. The Morgan fingerprint density at radius 1 is 1.06 bits per heavy atom. The Balaban J connectivity index is 1.81. The van der Waals surface area contributed by atoms with Crippen molar-refractivity contribution >= 4 is 0 Å². The predicted molar refractivity (Wildman–Crippen MR) is 69.6 cm³/mol. The summed E-state index contributed by atoms with van der Waals surface area (Å²) < 4.78 is 0. The summed E-state index contributed by atoms with van der Waals surface area (Å²) in [6, 6.07) is 1.48. The highest BCUT2D eigenvalue weighted by Gasteiger charge is 2.64. The Bertz CT molecular complexity index is 235. The van der Waals surface area contributed by atoms with Crippen molar-refractivity contribution in [1.82, 2.24) is 10.2 Å². The van der Waals surface area contributed by atoms with Crippen LogP contribution in [0.2, 0.25) is 0 Å². The van der Waals surface area contributed by atoms with Gasteiger partial charge in [0.25, 0.3) is 0 Å². The molecular formula is C14H28N2. The Morgan fingerprint density at radius 3 is 1.94 bits per heavy atom. The number of nitrogens with zero attached hydrogens (tertiary/aromatic N) is 1. The van der Waals surface area contributed by atoms with Gasteiger partial charge in [0.2, 0.25) is 0 Å². The zero-order valence-electron chi connectivity index (χ0n) is 11.6. The average Bonchev–Trinajstić information content (AvgIpc) is 2.62. The molecule has 0 spiro atoms. The Labute approximate surface area is 101 Å². The fraction of sp³-hybridized carbons (Fsp3) is 1.00. The van der Waals surface area contributed by atoms with Crippen LogP contribution in [0.25, 0.3) is 0 Å². The van der Waals surface area contributed by atoms with Gasteiger partial charge in [0.05, 0.1) is 0 Å². The summed E-state index contributed by atoms with van der Waals surface area (Å²) in [7, 11) is 0. The van der Waals surface area contributed by atoms with Gasteiger partial charge in [0, 0.05) is 12.1 Å². The smallest absolute Gasteiger partial charge is 0.0183 e. The topological polar surface area (TPSA) is 15.3 Å². The highest BCUT2D eigenvalue weighted by Crippen LogP contribution is 2.62. The molecule has 0 unspecified atom stereocenters. The number of likely N-dealkylation sites (tertiary alicyclic amines) is 1. The van der Waals surface area contributed by atoms with Crippen LogP contribution >= 0.6 is 0 Å². The van der Waals surface area contributed by atoms with E-state index in [1.54, 1.807) is 0 Å². The summed E-state index contributed by atoms with van der Waals surface area (Å²) in [5.74, 6) is 0. The lowest BCUT2D eigenvalue weighted by Crippen LogP contribution is -2.44. The fourth-order valence-corrected chi connectivity index (χ4v) is 3.26. The van der Waals surface area contributed by atoms with Gasteiger partial charge in [-0.25, -0.2) is 0 Å². The summed E-state index contributed by atoms with van der Waals surface area (Å²) in [4.78, 5) is 2.56. The van der Waals surface area contributed by atoms with Crippen molar-refractivity contribution in [3.05, 3.63) is 0 Å². The van der Waals surface area contributed by atoms with Gasteiger partial charge >= 0.3 is 0 Å². The molecule has 1 aliphatic heterocycles. The number of hydrogen-bond acceptors (Lipinski definition) is 2. The third kappa shape index (κ3) is 1.91. The minimum Gasteiger partial charge on any atom is -0.310 e. The van der Waals surface area contributed by atoms with E-state index in [9.17, 15) is 0 Å². The first-order chi connectivity index (χ1) is 7.39. The molecule has 1 N–H and O–H groups in total. The van der Waals surface area contributed by atoms with Crippen LogP contribution in [0, 0.1) is 10.8 Å². The highest BCUT2D eigenvalue weighted by molar-refractivity contribution is 5.18. The van der Waals surface area contributed by atoms with Gasteiger partial charge in [-0.05, 0) is 43.3 Å². The van der Waals surface area contributed by atoms with E-state index in [2.05, 4.69) is 44.8 Å². The van der Waals surface area contributed by atoms with Gasteiger partial charge in [0.15, 0.2) is 0 Å². The Morgan fingerprint density at radius 2 is 1.56 bits per heavy atom. The second-order valence-corrected chi connectivity index (χ2v) is 6.75. The molecule has 2 nitrogen and oxygen atoms in total. The number of nitrogens with one attached hydrogen (secondary N) is 1. The molecule has 0 bridgehead atoms. The average molecular weight is 224 g/mol. The summed E-state index contributed by atoms with van der Waals surface area (Å²) in [6.45, 7) is 15.6. The van der Waals surface area contributed by atoms with E-state index < -0.39 is 0 Å². The molecule has 2 heteroatoms. The highest BCUT2D eigenvalue weighted by atomic mass is 15.2. The molecule has 94 valence electrons. The normalized spacial score (nSPS) is 30.6. The molecule has 0 aromatic rings. The molecule has 0 aromatic carbocycles. The summed E-state index contributed by atoms with van der Waals surface area (Å²) in [6.07, 6.45) is 2.66. The van der Waals surface area contributed by atoms with E-state index in [-0.39, 0.29) is 0 Å². The van der Waals surface area contributed by atoms with Gasteiger partial charge in [-0.2, -0.15) is 0 Å². The maximum absolute atomic E-state index is 3.89. The van der Waals surface area contributed by atoms with Crippen LogP contribution in [0.5, 0.6) is 0 Å². The zero-order chi connectivity index (χ0) is 12.0. The quantitative estimate of drug-likeness (QED) is 0.792. The molecule has 0 aromatic heterocycles. The number of hydrogen-bond donors (Lipinski definition) is 1. The first-order valence-electron chi connectivity index (χ1n) is 6.88. The van der Waals surface area contributed by atoms with Crippen molar-refractivity contribution in [2.24, 2.45) is 10.8 Å². The number of piperidine rings is 1. The lowest BCUT2D eigenvalue weighted by atomic mass is 10.0. The van der Waals surface area contributed by atoms with Gasteiger partial charge in [-0.3, -0.25) is 0 Å². The molecule has 2 fully saturated rings. The van der Waals surface area contributed by atoms with Crippen molar-refractivity contribution < 1.29 is 0 Å². The van der Waals surface area contributed by atoms with E-state index in [1.165, 1.54) is 32.5 Å². The first kappa shape index (κ1) is 12.4. The van der Waals surface area contributed by atoms with E-state index >= 15 is 0 Å².